The summed E-state index contributed by atoms with van der Waals surface area (Å²) >= 11 is 0. The molecule has 1 amide bonds. The first-order valence-corrected chi connectivity index (χ1v) is 6.90. The van der Waals surface area contributed by atoms with Crippen molar-refractivity contribution in [3.05, 3.63) is 48.4 Å². The zero-order chi connectivity index (χ0) is 15.2. The van der Waals surface area contributed by atoms with Crippen LogP contribution in [0.2, 0.25) is 0 Å². The van der Waals surface area contributed by atoms with Gasteiger partial charge in [0.25, 0.3) is 5.91 Å². The molecule has 0 spiro atoms. The van der Waals surface area contributed by atoms with Crippen molar-refractivity contribution >= 4 is 5.91 Å². The Morgan fingerprint density at radius 1 is 1.24 bits per heavy atom. The van der Waals surface area contributed by atoms with Gasteiger partial charge in [-0.3, -0.25) is 14.8 Å². The lowest BCUT2D eigenvalue weighted by molar-refractivity contribution is 0.0897. The molecule has 2 N–H and O–H groups in total. The predicted molar refractivity (Wildman–Crippen MR) is 80.6 cm³/mol. The Morgan fingerprint density at radius 2 is 1.95 bits per heavy atom. The highest BCUT2D eigenvalue weighted by Gasteiger charge is 2.16. The molecule has 1 aromatic carbocycles. The fourth-order valence-corrected chi connectivity index (χ4v) is 1.92. The van der Waals surface area contributed by atoms with E-state index in [1.165, 1.54) is 0 Å². The van der Waals surface area contributed by atoms with Gasteiger partial charge in [0.15, 0.2) is 0 Å². The summed E-state index contributed by atoms with van der Waals surface area (Å²) < 4.78 is 0. The zero-order valence-electron chi connectivity index (χ0n) is 12.2. The molecule has 1 unspecified atom stereocenters. The summed E-state index contributed by atoms with van der Waals surface area (Å²) in [4.78, 5) is 20.3. The largest absolute Gasteiger partial charge is 0.394 e. The van der Waals surface area contributed by atoms with Crippen LogP contribution in [0.1, 0.15) is 24.2 Å². The van der Waals surface area contributed by atoms with Gasteiger partial charge in [-0.2, -0.15) is 0 Å². The molecule has 0 saturated heterocycles. The van der Waals surface area contributed by atoms with Crippen molar-refractivity contribution in [1.82, 2.24) is 15.3 Å². The Hall–Kier alpha value is -2.27. The van der Waals surface area contributed by atoms with Crippen molar-refractivity contribution in [3.63, 3.8) is 0 Å². The lowest BCUT2D eigenvalue weighted by atomic mass is 10.0. The number of hydrogen-bond acceptors (Lipinski definition) is 4. The molecular formula is C16H19N3O2. The third kappa shape index (κ3) is 3.86. The van der Waals surface area contributed by atoms with Crippen LogP contribution in [0.5, 0.6) is 0 Å². The second-order valence-electron chi connectivity index (χ2n) is 5.17. The maximum atomic E-state index is 12.1. The summed E-state index contributed by atoms with van der Waals surface area (Å²) in [6, 6.07) is 6.92. The number of rotatable bonds is 5. The summed E-state index contributed by atoms with van der Waals surface area (Å²) in [5, 5.41) is 12.1. The van der Waals surface area contributed by atoms with E-state index in [4.69, 9.17) is 0 Å². The normalized spacial score (nSPS) is 12.2. The smallest absolute Gasteiger partial charge is 0.251 e. The highest BCUT2D eigenvalue weighted by molar-refractivity contribution is 5.94. The van der Waals surface area contributed by atoms with Gasteiger partial charge in [-0.05, 0) is 18.1 Å². The van der Waals surface area contributed by atoms with Crippen molar-refractivity contribution in [1.29, 1.82) is 0 Å². The number of aromatic nitrogens is 2. The molecule has 2 aromatic rings. The van der Waals surface area contributed by atoms with E-state index in [0.29, 0.717) is 5.56 Å². The highest BCUT2D eigenvalue weighted by atomic mass is 16.3. The molecule has 5 heteroatoms. The fourth-order valence-electron chi connectivity index (χ4n) is 1.92. The lowest BCUT2D eigenvalue weighted by Crippen LogP contribution is -2.41. The molecule has 0 bridgehead atoms. The minimum absolute atomic E-state index is 0.0684. The van der Waals surface area contributed by atoms with Gasteiger partial charge >= 0.3 is 0 Å². The van der Waals surface area contributed by atoms with Crippen molar-refractivity contribution in [3.8, 4) is 11.3 Å². The number of nitrogens with zero attached hydrogens (tertiary/aromatic N) is 2. The van der Waals surface area contributed by atoms with Gasteiger partial charge in [0.1, 0.15) is 0 Å². The van der Waals surface area contributed by atoms with Crippen molar-refractivity contribution < 1.29 is 9.90 Å². The molecule has 5 nitrogen and oxygen atoms in total. The van der Waals surface area contributed by atoms with Gasteiger partial charge in [0, 0.05) is 23.5 Å². The fraction of sp³-hybridized carbons (Fsp3) is 0.312. The van der Waals surface area contributed by atoms with Gasteiger partial charge in [-0.1, -0.05) is 26.0 Å². The number of hydrogen-bond donors (Lipinski definition) is 2. The maximum absolute atomic E-state index is 12.1. The molecule has 110 valence electrons. The van der Waals surface area contributed by atoms with Crippen molar-refractivity contribution in [2.75, 3.05) is 6.61 Å². The van der Waals surface area contributed by atoms with E-state index < -0.39 is 0 Å². The van der Waals surface area contributed by atoms with E-state index in [-0.39, 0.29) is 24.5 Å². The standard InChI is InChI=1S/C16H19N3O2/c1-11(2)15(10-20)19-16(21)13-5-3-12(4-6-13)14-9-17-7-8-18-14/h3-9,11,15,20H,10H2,1-2H3,(H,19,21). The SMILES string of the molecule is CC(C)C(CO)NC(=O)c1ccc(-c2cnccn2)cc1. The number of aliphatic hydroxyl groups excluding tert-OH is 1. The molecule has 0 radical (unpaired) electrons. The maximum Gasteiger partial charge on any atom is 0.251 e. The summed E-state index contributed by atoms with van der Waals surface area (Å²) in [5.41, 5.74) is 2.23. The number of carbonyl (C=O) groups is 1. The van der Waals surface area contributed by atoms with E-state index in [9.17, 15) is 9.90 Å². The van der Waals surface area contributed by atoms with E-state index in [1.807, 2.05) is 26.0 Å². The Balaban J connectivity index is 2.10. The third-order valence-electron chi connectivity index (χ3n) is 3.32. The molecular weight excluding hydrogens is 266 g/mol. The number of amides is 1. The highest BCUT2D eigenvalue weighted by Crippen LogP contribution is 2.16. The van der Waals surface area contributed by atoms with Crippen LogP contribution < -0.4 is 5.32 Å². The van der Waals surface area contributed by atoms with E-state index >= 15 is 0 Å². The van der Waals surface area contributed by atoms with Crippen LogP contribution in [-0.4, -0.2) is 33.6 Å². The first-order chi connectivity index (χ1) is 10.1. The third-order valence-corrected chi connectivity index (χ3v) is 3.32. The summed E-state index contributed by atoms with van der Waals surface area (Å²) in [6.45, 7) is 3.85. The lowest BCUT2D eigenvalue weighted by Gasteiger charge is -2.19. The Labute approximate surface area is 124 Å². The Bertz CT molecular complexity index is 582. The zero-order valence-corrected chi connectivity index (χ0v) is 12.2. The monoisotopic (exact) mass is 285 g/mol. The average Bonchev–Trinajstić information content (AvgIpc) is 2.53. The Morgan fingerprint density at radius 3 is 2.48 bits per heavy atom. The van der Waals surface area contributed by atoms with Crippen LogP contribution in [0.15, 0.2) is 42.9 Å². The molecule has 21 heavy (non-hydrogen) atoms. The minimum Gasteiger partial charge on any atom is -0.394 e. The van der Waals surface area contributed by atoms with Crippen LogP contribution >= 0.6 is 0 Å². The van der Waals surface area contributed by atoms with Crippen LogP contribution in [0.25, 0.3) is 11.3 Å². The summed E-state index contributed by atoms with van der Waals surface area (Å²) in [6.07, 6.45) is 4.92. The van der Waals surface area contributed by atoms with E-state index in [2.05, 4.69) is 15.3 Å². The number of nitrogens with one attached hydrogen (secondary N) is 1. The predicted octanol–water partition coefficient (Wildman–Crippen LogP) is 1.89. The van der Waals surface area contributed by atoms with E-state index in [1.54, 1.807) is 30.7 Å². The molecule has 2 rings (SSSR count). The van der Waals surface area contributed by atoms with Crippen molar-refractivity contribution in [2.24, 2.45) is 5.92 Å². The molecule has 1 atom stereocenters. The number of aliphatic hydroxyl groups is 1. The number of benzene rings is 1. The van der Waals surface area contributed by atoms with Gasteiger partial charge in [0.05, 0.1) is 24.5 Å². The Kier molecular flexibility index (Phi) is 5.00. The minimum atomic E-state index is -0.239. The molecule has 1 aromatic heterocycles. The quantitative estimate of drug-likeness (QED) is 0.879. The molecule has 0 aliphatic heterocycles. The molecule has 0 saturated carbocycles. The number of carbonyl (C=O) groups excluding carboxylic acids is 1. The van der Waals surface area contributed by atoms with Crippen molar-refractivity contribution in [2.45, 2.75) is 19.9 Å². The van der Waals surface area contributed by atoms with Gasteiger partial charge < -0.3 is 10.4 Å². The molecule has 0 fully saturated rings. The van der Waals surface area contributed by atoms with E-state index in [0.717, 1.165) is 11.3 Å². The molecule has 1 heterocycles. The first kappa shape index (κ1) is 15.1. The topological polar surface area (TPSA) is 75.1 Å². The molecule has 0 aliphatic rings. The van der Waals surface area contributed by atoms with Gasteiger partial charge in [0.2, 0.25) is 0 Å². The van der Waals surface area contributed by atoms with Gasteiger partial charge in [-0.15, -0.1) is 0 Å². The second-order valence-corrected chi connectivity index (χ2v) is 5.17. The summed E-state index contributed by atoms with van der Waals surface area (Å²) in [7, 11) is 0. The van der Waals surface area contributed by atoms with Gasteiger partial charge in [-0.25, -0.2) is 0 Å². The summed E-state index contributed by atoms with van der Waals surface area (Å²) in [5.74, 6) is -0.00809. The van der Waals surface area contributed by atoms with Crippen LogP contribution in [0, 0.1) is 5.92 Å². The first-order valence-electron chi connectivity index (χ1n) is 6.90. The van der Waals surface area contributed by atoms with Crippen LogP contribution in [0.4, 0.5) is 0 Å². The van der Waals surface area contributed by atoms with Crippen LogP contribution in [-0.2, 0) is 0 Å². The average molecular weight is 285 g/mol. The second kappa shape index (κ2) is 6.95. The van der Waals surface area contributed by atoms with Crippen LogP contribution in [0.3, 0.4) is 0 Å². The molecule has 0 aliphatic carbocycles.